The monoisotopic (exact) mass is 184 g/mol. The largest absolute Gasteiger partial charge is 0.755 e. The number of carbonyl (C=O) groups excluding carboxylic acids is 1. The summed E-state index contributed by atoms with van der Waals surface area (Å²) in [6.07, 6.45) is 0.692. The van der Waals surface area contributed by atoms with Crippen LogP contribution in [0.5, 0.6) is 0 Å². The molecule has 1 aromatic rings. The van der Waals surface area contributed by atoms with E-state index in [9.17, 15) is 13.6 Å². The zero-order valence-corrected chi connectivity index (χ0v) is 6.84. The summed E-state index contributed by atoms with van der Waals surface area (Å²) >= 11 is -2.31. The summed E-state index contributed by atoms with van der Waals surface area (Å²) in [4.78, 5) is 10.2. The first-order valence-electron chi connectivity index (χ1n) is 3.13. The molecule has 1 rings (SSSR count). The summed E-state index contributed by atoms with van der Waals surface area (Å²) in [5, 5.41) is 0. The summed E-state index contributed by atoms with van der Waals surface area (Å²) < 4.78 is 22.4. The Kier molecular flexibility index (Phi) is 2.95. The number of benzene rings is 1. The van der Waals surface area contributed by atoms with Gasteiger partial charge in [-0.1, -0.05) is 0 Å². The lowest BCUT2D eigenvalue weighted by Crippen LogP contribution is -2.01. The molecule has 0 aliphatic carbocycles. The molecule has 0 radical (unpaired) electrons. The first-order chi connectivity index (χ1) is 5.72. The number of carbonyl (C=O) groups is 1. The highest BCUT2D eigenvalue weighted by atomic mass is 32.2. The van der Waals surface area contributed by atoms with Gasteiger partial charge < -0.3 is 9.27 Å². The number of hydrogen-bond donors (Lipinski definition) is 1. The topological polar surface area (TPSA) is 69.2 Å². The Hall–Kier alpha value is -1.20. The summed E-state index contributed by atoms with van der Waals surface area (Å²) in [7, 11) is 0. The van der Waals surface area contributed by atoms with Crippen molar-refractivity contribution in [3.8, 4) is 0 Å². The number of anilines is 1. The van der Waals surface area contributed by atoms with E-state index in [1.807, 2.05) is 0 Å². The van der Waals surface area contributed by atoms with E-state index in [1.165, 1.54) is 24.3 Å². The van der Waals surface area contributed by atoms with Gasteiger partial charge in [-0.15, -0.1) is 0 Å². The van der Waals surface area contributed by atoms with Gasteiger partial charge in [0.15, 0.2) is 0 Å². The van der Waals surface area contributed by atoms with Crippen LogP contribution in [-0.2, 0) is 11.3 Å². The van der Waals surface area contributed by atoms with Gasteiger partial charge in [-0.3, -0.25) is 9.00 Å². The van der Waals surface area contributed by atoms with Crippen LogP contribution in [-0.4, -0.2) is 15.0 Å². The molecule has 1 atom stereocenters. The molecule has 0 fully saturated rings. The van der Waals surface area contributed by atoms with Gasteiger partial charge in [0.25, 0.3) is 0 Å². The first kappa shape index (κ1) is 8.89. The van der Waals surface area contributed by atoms with E-state index in [1.54, 1.807) is 0 Å². The van der Waals surface area contributed by atoms with E-state index in [0.29, 0.717) is 17.5 Å². The van der Waals surface area contributed by atoms with Gasteiger partial charge in [-0.05, 0) is 24.3 Å². The Labute approximate surface area is 72.0 Å². The number of aldehydes is 1. The first-order valence-corrected chi connectivity index (χ1v) is 4.21. The Balaban J connectivity index is 2.77. The van der Waals surface area contributed by atoms with Crippen LogP contribution in [0, 0.1) is 0 Å². The molecule has 4 nitrogen and oxygen atoms in total. The molecule has 0 saturated heterocycles. The maximum atomic E-state index is 10.2. The van der Waals surface area contributed by atoms with Gasteiger partial charge in [0.1, 0.15) is 6.29 Å². The molecule has 1 N–H and O–H groups in total. The van der Waals surface area contributed by atoms with Gasteiger partial charge in [0.2, 0.25) is 0 Å². The Morgan fingerprint density at radius 2 is 1.92 bits per heavy atom. The molecule has 1 aromatic carbocycles. The predicted molar refractivity (Wildman–Crippen MR) is 44.4 cm³/mol. The third-order valence-corrected chi connectivity index (χ3v) is 1.65. The van der Waals surface area contributed by atoms with E-state index < -0.39 is 11.3 Å². The molecule has 0 spiro atoms. The molecule has 1 unspecified atom stereocenters. The van der Waals surface area contributed by atoms with E-state index in [-0.39, 0.29) is 0 Å². The minimum atomic E-state index is -2.31. The molecule has 64 valence electrons. The van der Waals surface area contributed by atoms with E-state index in [4.69, 9.17) is 0 Å². The van der Waals surface area contributed by atoms with Crippen LogP contribution in [0.2, 0.25) is 0 Å². The molecule has 0 aromatic heterocycles. The van der Waals surface area contributed by atoms with Gasteiger partial charge in [-0.2, -0.15) is 0 Å². The third-order valence-electron chi connectivity index (χ3n) is 1.25. The lowest BCUT2D eigenvalue weighted by molar-refractivity contribution is 0.112. The maximum Gasteiger partial charge on any atom is 0.150 e. The van der Waals surface area contributed by atoms with Gasteiger partial charge in [0, 0.05) is 22.5 Å². The zero-order chi connectivity index (χ0) is 8.97. The van der Waals surface area contributed by atoms with Crippen LogP contribution >= 0.6 is 0 Å². The molecule has 0 amide bonds. The van der Waals surface area contributed by atoms with Gasteiger partial charge in [0.05, 0.1) is 0 Å². The summed E-state index contributed by atoms with van der Waals surface area (Å²) in [6, 6.07) is 6.09. The minimum Gasteiger partial charge on any atom is -0.755 e. The van der Waals surface area contributed by atoms with Gasteiger partial charge in [-0.25, -0.2) is 0 Å². The average Bonchev–Trinajstić information content (AvgIpc) is 2.05. The molecule has 0 aliphatic rings. The van der Waals surface area contributed by atoms with Crippen molar-refractivity contribution in [2.75, 3.05) is 4.72 Å². The predicted octanol–water partition coefficient (Wildman–Crippen LogP) is 0.705. The highest BCUT2D eigenvalue weighted by molar-refractivity contribution is 7.80. The second-order valence-electron chi connectivity index (χ2n) is 2.08. The summed E-state index contributed by atoms with van der Waals surface area (Å²) in [5.74, 6) is 0. The van der Waals surface area contributed by atoms with Gasteiger partial charge >= 0.3 is 0 Å². The van der Waals surface area contributed by atoms with Crippen LogP contribution in [0.25, 0.3) is 0 Å². The minimum absolute atomic E-state index is 0.439. The highest BCUT2D eigenvalue weighted by Crippen LogP contribution is 2.07. The molecule has 0 bridgehead atoms. The molecule has 5 heteroatoms. The Bertz CT molecular complexity index is 296. The third kappa shape index (κ3) is 2.44. The average molecular weight is 184 g/mol. The van der Waals surface area contributed by atoms with E-state index in [2.05, 4.69) is 4.72 Å². The van der Waals surface area contributed by atoms with Crippen LogP contribution in [0.4, 0.5) is 5.69 Å². The van der Waals surface area contributed by atoms with Crippen LogP contribution in [0.3, 0.4) is 0 Å². The zero-order valence-electron chi connectivity index (χ0n) is 6.02. The number of nitrogens with one attached hydrogen (secondary N) is 1. The summed E-state index contributed by atoms with van der Waals surface area (Å²) in [6.45, 7) is 0. The number of rotatable bonds is 3. The summed E-state index contributed by atoms with van der Waals surface area (Å²) in [5.41, 5.74) is 0.950. The second kappa shape index (κ2) is 3.99. The molecule has 0 heterocycles. The normalized spacial score (nSPS) is 12.1. The molecular weight excluding hydrogens is 178 g/mol. The van der Waals surface area contributed by atoms with Crippen LogP contribution in [0.15, 0.2) is 24.3 Å². The van der Waals surface area contributed by atoms with Crippen LogP contribution in [0.1, 0.15) is 10.4 Å². The maximum absolute atomic E-state index is 10.2. The fourth-order valence-corrected chi connectivity index (χ4v) is 1.05. The fraction of sp³-hybridized carbons (Fsp3) is 0. The number of hydrogen-bond acceptors (Lipinski definition) is 3. The highest BCUT2D eigenvalue weighted by Gasteiger charge is 1.91. The smallest absolute Gasteiger partial charge is 0.150 e. The van der Waals surface area contributed by atoms with Crippen molar-refractivity contribution in [3.05, 3.63) is 29.8 Å². The van der Waals surface area contributed by atoms with Crippen molar-refractivity contribution in [2.45, 2.75) is 0 Å². The molecule has 12 heavy (non-hydrogen) atoms. The van der Waals surface area contributed by atoms with Crippen molar-refractivity contribution in [1.29, 1.82) is 0 Å². The van der Waals surface area contributed by atoms with Crippen molar-refractivity contribution in [3.63, 3.8) is 0 Å². The van der Waals surface area contributed by atoms with E-state index >= 15 is 0 Å². The van der Waals surface area contributed by atoms with Crippen molar-refractivity contribution in [1.82, 2.24) is 0 Å². The Morgan fingerprint density at radius 1 is 1.33 bits per heavy atom. The van der Waals surface area contributed by atoms with Crippen molar-refractivity contribution >= 4 is 23.2 Å². The fourth-order valence-electron chi connectivity index (χ4n) is 0.726. The molecular formula is C7H6NO3S-. The SMILES string of the molecule is O=Cc1ccc(NS(=O)[O-])cc1. The molecule has 0 aliphatic heterocycles. The second-order valence-corrected chi connectivity index (χ2v) is 2.75. The standard InChI is InChI=1S/C7H7NO3S/c9-5-6-1-3-7(4-2-6)8-12(10)11/h1-5,8H,(H,10,11)/p-1. The van der Waals surface area contributed by atoms with Crippen molar-refractivity contribution in [2.24, 2.45) is 0 Å². The lowest BCUT2D eigenvalue weighted by Gasteiger charge is -2.07. The van der Waals surface area contributed by atoms with E-state index in [0.717, 1.165) is 0 Å². The van der Waals surface area contributed by atoms with Crippen molar-refractivity contribution < 1.29 is 13.6 Å². The Morgan fingerprint density at radius 3 is 2.33 bits per heavy atom. The quantitative estimate of drug-likeness (QED) is 0.555. The lowest BCUT2D eigenvalue weighted by atomic mass is 10.2. The molecule has 0 saturated carbocycles. The van der Waals surface area contributed by atoms with Crippen LogP contribution < -0.4 is 4.72 Å².